The lowest BCUT2D eigenvalue weighted by Gasteiger charge is -2.22. The number of furan rings is 1. The van der Waals surface area contributed by atoms with Crippen LogP contribution >= 0.6 is 0 Å². The van der Waals surface area contributed by atoms with Gasteiger partial charge in [-0.3, -0.25) is 14.9 Å². The van der Waals surface area contributed by atoms with E-state index in [4.69, 9.17) is 14.1 Å². The minimum absolute atomic E-state index is 0.241. The number of benzene rings is 1. The van der Waals surface area contributed by atoms with E-state index in [-0.39, 0.29) is 5.69 Å². The van der Waals surface area contributed by atoms with E-state index >= 15 is 0 Å². The molecule has 0 atom stereocenters. The zero-order chi connectivity index (χ0) is 23.5. The molecule has 0 spiro atoms. The molecule has 0 radical (unpaired) electrons. The van der Waals surface area contributed by atoms with Gasteiger partial charge in [0, 0.05) is 11.6 Å². The number of nitrogens with one attached hydrogen (secondary N) is 2. The van der Waals surface area contributed by atoms with Gasteiger partial charge in [-0.1, -0.05) is 18.2 Å². The molecule has 34 heavy (non-hydrogen) atoms. The van der Waals surface area contributed by atoms with Crippen molar-refractivity contribution < 1.29 is 23.5 Å². The zero-order valence-corrected chi connectivity index (χ0v) is 18.2. The van der Waals surface area contributed by atoms with Crippen LogP contribution in [-0.4, -0.2) is 34.4 Å². The number of para-hydroxylation sites is 1. The molecule has 5 rings (SSSR count). The van der Waals surface area contributed by atoms with Crippen LogP contribution in [0.1, 0.15) is 50.7 Å². The van der Waals surface area contributed by atoms with Crippen LogP contribution in [0.5, 0.6) is 0 Å². The average Bonchev–Trinajstić information content (AvgIpc) is 3.56. The Hall–Kier alpha value is -4.46. The molecule has 8 nitrogen and oxygen atoms in total. The van der Waals surface area contributed by atoms with Gasteiger partial charge in [-0.2, -0.15) is 0 Å². The van der Waals surface area contributed by atoms with Crippen LogP contribution in [0.3, 0.4) is 0 Å². The van der Waals surface area contributed by atoms with Crippen LogP contribution in [0.25, 0.3) is 22.6 Å². The number of aromatic nitrogens is 2. The lowest BCUT2D eigenvalue weighted by Crippen LogP contribution is -2.34. The number of fused-ring (bicyclic) bond motifs is 2. The highest BCUT2D eigenvalue weighted by Crippen LogP contribution is 2.36. The van der Waals surface area contributed by atoms with Crippen molar-refractivity contribution in [2.24, 2.45) is 0 Å². The molecule has 0 unspecified atom stereocenters. The van der Waals surface area contributed by atoms with Gasteiger partial charge < -0.3 is 14.1 Å². The van der Waals surface area contributed by atoms with Crippen molar-refractivity contribution in [2.75, 3.05) is 6.61 Å². The molecule has 1 aliphatic rings. The van der Waals surface area contributed by atoms with Gasteiger partial charge in [-0.05, 0) is 66.8 Å². The van der Waals surface area contributed by atoms with Crippen LogP contribution in [0.15, 0.2) is 65.4 Å². The molecular formula is C26H21N3O5. The number of aromatic amines is 1. The third-order valence-corrected chi connectivity index (χ3v) is 5.66. The van der Waals surface area contributed by atoms with E-state index in [0.717, 1.165) is 29.7 Å². The number of carbonyl (C=O) groups excluding carboxylic acids is 3. The van der Waals surface area contributed by atoms with E-state index in [0.29, 0.717) is 28.6 Å². The molecule has 3 heterocycles. The second-order valence-corrected chi connectivity index (χ2v) is 7.91. The first kappa shape index (κ1) is 21.4. The largest absolute Gasteiger partial charge is 0.465 e. The topological polar surface area (TPSA) is 114 Å². The Labute approximate surface area is 194 Å². The first-order valence-electron chi connectivity index (χ1n) is 10.9. The Morgan fingerprint density at radius 2 is 1.97 bits per heavy atom. The number of nitrogens with zero attached hydrogens (tertiary/aromatic N) is 1. The maximum Gasteiger partial charge on any atom is 0.339 e. The number of amides is 2. The minimum atomic E-state index is -0.710. The fourth-order valence-electron chi connectivity index (χ4n) is 4.16. The monoisotopic (exact) mass is 455 g/mol. The first-order valence-corrected chi connectivity index (χ1v) is 10.9. The number of allylic oxidation sites excluding steroid dienone is 1. The molecule has 3 aromatic heterocycles. The van der Waals surface area contributed by atoms with E-state index in [1.807, 2.05) is 42.5 Å². The third-order valence-electron chi connectivity index (χ3n) is 5.66. The Kier molecular flexibility index (Phi) is 5.78. The fourth-order valence-corrected chi connectivity index (χ4v) is 4.16. The summed E-state index contributed by atoms with van der Waals surface area (Å²) in [5, 5.41) is 2.86. The quantitative estimate of drug-likeness (QED) is 0.437. The average molecular weight is 455 g/mol. The standard InChI is InChI=1S/C26H21N3O5/c30-22(29-25(31)21-11-4-12-27-21)15-34-26(32)23-18-8-1-2-10-20(18)28-24-16(6-3-9-19(23)24)14-17-7-5-13-33-17/h1-2,4-5,7-8,10-14,27H,3,6,9,15H2,(H,29,30,31)/b16-14+. The number of ether oxygens (including phenoxy) is 1. The number of H-pyrrole nitrogens is 1. The van der Waals surface area contributed by atoms with Crippen LogP contribution in [0, 0.1) is 0 Å². The maximum atomic E-state index is 13.2. The molecule has 0 saturated carbocycles. The molecule has 2 amide bonds. The highest BCUT2D eigenvalue weighted by molar-refractivity contribution is 6.08. The SMILES string of the molecule is O=C(COC(=O)c1c2c(nc3ccccc13)/C(=C/c1ccco1)CCC2)NC(=O)c1ccc[nH]1. The predicted molar refractivity (Wildman–Crippen MR) is 125 cm³/mol. The van der Waals surface area contributed by atoms with Crippen molar-refractivity contribution in [1.82, 2.24) is 15.3 Å². The van der Waals surface area contributed by atoms with Crippen molar-refractivity contribution in [2.45, 2.75) is 19.3 Å². The Bertz CT molecular complexity index is 1400. The molecule has 4 aromatic rings. The summed E-state index contributed by atoms with van der Waals surface area (Å²) in [5.74, 6) is -1.22. The van der Waals surface area contributed by atoms with Gasteiger partial charge in [-0.15, -0.1) is 0 Å². The molecule has 0 fully saturated rings. The summed E-state index contributed by atoms with van der Waals surface area (Å²) in [7, 11) is 0. The highest BCUT2D eigenvalue weighted by atomic mass is 16.5. The molecule has 8 heteroatoms. The van der Waals surface area contributed by atoms with E-state index < -0.39 is 24.4 Å². The molecule has 0 aliphatic heterocycles. The minimum Gasteiger partial charge on any atom is -0.465 e. The smallest absolute Gasteiger partial charge is 0.339 e. The second-order valence-electron chi connectivity index (χ2n) is 7.91. The lowest BCUT2D eigenvalue weighted by molar-refractivity contribution is -0.123. The van der Waals surface area contributed by atoms with Crippen molar-refractivity contribution in [3.63, 3.8) is 0 Å². The van der Waals surface area contributed by atoms with E-state index in [9.17, 15) is 14.4 Å². The van der Waals surface area contributed by atoms with Gasteiger partial charge in [0.15, 0.2) is 6.61 Å². The van der Waals surface area contributed by atoms with Crippen LogP contribution in [-0.2, 0) is 16.0 Å². The Morgan fingerprint density at radius 3 is 2.76 bits per heavy atom. The van der Waals surface area contributed by atoms with Crippen LogP contribution in [0.4, 0.5) is 0 Å². The number of hydrogen-bond acceptors (Lipinski definition) is 6. The van der Waals surface area contributed by atoms with E-state index in [2.05, 4.69) is 10.3 Å². The summed E-state index contributed by atoms with van der Waals surface area (Å²) in [4.78, 5) is 45.0. The number of carbonyl (C=O) groups is 3. The number of rotatable bonds is 5. The molecule has 1 aliphatic carbocycles. The molecule has 0 bridgehead atoms. The number of esters is 1. The maximum absolute atomic E-state index is 13.2. The van der Waals surface area contributed by atoms with E-state index in [1.165, 1.54) is 6.07 Å². The predicted octanol–water partition coefficient (Wildman–Crippen LogP) is 4.15. The zero-order valence-electron chi connectivity index (χ0n) is 18.2. The van der Waals surface area contributed by atoms with Gasteiger partial charge in [-0.25, -0.2) is 9.78 Å². The van der Waals surface area contributed by atoms with Crippen molar-refractivity contribution in [3.05, 3.63) is 89.3 Å². The van der Waals surface area contributed by atoms with E-state index in [1.54, 1.807) is 18.5 Å². The van der Waals surface area contributed by atoms with Crippen molar-refractivity contribution >= 4 is 40.3 Å². The van der Waals surface area contributed by atoms with Gasteiger partial charge in [0.05, 0.1) is 23.0 Å². The first-order chi connectivity index (χ1) is 16.6. The summed E-state index contributed by atoms with van der Waals surface area (Å²) < 4.78 is 10.8. The summed E-state index contributed by atoms with van der Waals surface area (Å²) in [6.07, 6.45) is 7.42. The van der Waals surface area contributed by atoms with Crippen molar-refractivity contribution in [3.8, 4) is 0 Å². The molecule has 0 saturated heterocycles. The van der Waals surface area contributed by atoms with Gasteiger partial charge in [0.25, 0.3) is 11.8 Å². The molecule has 170 valence electrons. The molecular weight excluding hydrogens is 434 g/mol. The Morgan fingerprint density at radius 1 is 1.09 bits per heavy atom. The number of pyridine rings is 1. The molecule has 1 aromatic carbocycles. The normalized spacial score (nSPS) is 14.1. The van der Waals surface area contributed by atoms with Gasteiger partial charge in [0.1, 0.15) is 11.5 Å². The summed E-state index contributed by atoms with van der Waals surface area (Å²) in [6.45, 7) is -0.578. The van der Waals surface area contributed by atoms with Gasteiger partial charge in [0.2, 0.25) is 0 Å². The van der Waals surface area contributed by atoms with Gasteiger partial charge >= 0.3 is 5.97 Å². The summed E-state index contributed by atoms with van der Waals surface area (Å²) in [6, 6.07) is 14.2. The lowest BCUT2D eigenvalue weighted by atomic mass is 9.86. The molecule has 2 N–H and O–H groups in total. The van der Waals surface area contributed by atoms with Crippen molar-refractivity contribution in [1.29, 1.82) is 0 Å². The Balaban J connectivity index is 1.44. The third kappa shape index (κ3) is 4.25. The van der Waals surface area contributed by atoms with Crippen LogP contribution < -0.4 is 5.32 Å². The summed E-state index contributed by atoms with van der Waals surface area (Å²) >= 11 is 0. The van der Waals surface area contributed by atoms with Crippen LogP contribution in [0.2, 0.25) is 0 Å². The second kappa shape index (κ2) is 9.19. The number of imide groups is 1. The highest BCUT2D eigenvalue weighted by Gasteiger charge is 2.26. The fraction of sp³-hybridized carbons (Fsp3) is 0.154. The number of hydrogen-bond donors (Lipinski definition) is 2. The summed E-state index contributed by atoms with van der Waals surface area (Å²) in [5.41, 5.74) is 3.80.